The standard InChI is InChI=1S/C20H18N2OS/c1-13(23)14-7-9-18(10-8-14)21-20-22-19(12-24-20)17-6-5-15-3-2-4-16(15)11-17/h5-12H,2-4H2,1H3,(H,21,22). The van der Waals surface area contributed by atoms with Crippen molar-refractivity contribution in [3.8, 4) is 11.3 Å². The lowest BCUT2D eigenvalue weighted by Crippen LogP contribution is -1.93. The van der Waals surface area contributed by atoms with Crippen molar-refractivity contribution in [3.63, 3.8) is 0 Å². The predicted octanol–water partition coefficient (Wildman–Crippen LogP) is 5.25. The highest BCUT2D eigenvalue weighted by Gasteiger charge is 2.13. The molecule has 0 atom stereocenters. The first-order valence-corrected chi connectivity index (χ1v) is 9.03. The van der Waals surface area contributed by atoms with Crippen LogP contribution in [0, 0.1) is 0 Å². The molecule has 1 aliphatic rings. The van der Waals surface area contributed by atoms with Gasteiger partial charge in [0.05, 0.1) is 5.69 Å². The van der Waals surface area contributed by atoms with Crippen molar-refractivity contribution < 1.29 is 4.79 Å². The second kappa shape index (κ2) is 6.21. The molecule has 1 aliphatic carbocycles. The number of aryl methyl sites for hydroxylation is 2. The summed E-state index contributed by atoms with van der Waals surface area (Å²) in [5.41, 5.74) is 6.81. The minimum absolute atomic E-state index is 0.0784. The summed E-state index contributed by atoms with van der Waals surface area (Å²) in [6.45, 7) is 1.58. The summed E-state index contributed by atoms with van der Waals surface area (Å²) >= 11 is 1.59. The number of thiazole rings is 1. The van der Waals surface area contributed by atoms with Crippen LogP contribution >= 0.6 is 11.3 Å². The Morgan fingerprint density at radius 3 is 2.67 bits per heavy atom. The highest BCUT2D eigenvalue weighted by Crippen LogP contribution is 2.31. The van der Waals surface area contributed by atoms with Crippen LogP contribution in [-0.4, -0.2) is 10.8 Å². The van der Waals surface area contributed by atoms with Crippen molar-refractivity contribution in [1.29, 1.82) is 0 Å². The third-order valence-corrected chi connectivity index (χ3v) is 5.20. The molecule has 4 heteroatoms. The lowest BCUT2D eigenvalue weighted by molar-refractivity contribution is 0.101. The molecule has 3 aromatic rings. The monoisotopic (exact) mass is 334 g/mol. The molecule has 4 rings (SSSR count). The van der Waals surface area contributed by atoms with Gasteiger partial charge >= 0.3 is 0 Å². The smallest absolute Gasteiger partial charge is 0.187 e. The molecule has 0 amide bonds. The van der Waals surface area contributed by atoms with E-state index in [0.717, 1.165) is 22.1 Å². The Bertz CT molecular complexity index is 896. The third-order valence-electron chi connectivity index (χ3n) is 4.44. The molecule has 1 N–H and O–H groups in total. The van der Waals surface area contributed by atoms with Crippen molar-refractivity contribution in [1.82, 2.24) is 4.98 Å². The molecule has 2 aromatic carbocycles. The van der Waals surface area contributed by atoms with E-state index in [-0.39, 0.29) is 5.78 Å². The molecule has 0 fully saturated rings. The molecular weight excluding hydrogens is 316 g/mol. The molecule has 0 aliphatic heterocycles. The predicted molar refractivity (Wildman–Crippen MR) is 99.3 cm³/mol. The van der Waals surface area contributed by atoms with E-state index in [0.29, 0.717) is 0 Å². The highest BCUT2D eigenvalue weighted by atomic mass is 32.1. The van der Waals surface area contributed by atoms with E-state index in [2.05, 4.69) is 28.9 Å². The Morgan fingerprint density at radius 2 is 1.88 bits per heavy atom. The van der Waals surface area contributed by atoms with Crippen molar-refractivity contribution in [2.75, 3.05) is 5.32 Å². The maximum atomic E-state index is 11.3. The number of aromatic nitrogens is 1. The Hall–Kier alpha value is -2.46. The fourth-order valence-electron chi connectivity index (χ4n) is 3.11. The molecule has 120 valence electrons. The number of carbonyl (C=O) groups is 1. The molecule has 24 heavy (non-hydrogen) atoms. The Kier molecular flexibility index (Phi) is 3.90. The van der Waals surface area contributed by atoms with Gasteiger partial charge < -0.3 is 5.32 Å². The Labute approximate surface area is 145 Å². The maximum absolute atomic E-state index is 11.3. The molecule has 1 aromatic heterocycles. The van der Waals surface area contributed by atoms with Gasteiger partial charge in [-0.05, 0) is 67.6 Å². The average molecular weight is 334 g/mol. The van der Waals surface area contributed by atoms with Crippen LogP contribution in [0.15, 0.2) is 47.8 Å². The van der Waals surface area contributed by atoms with Gasteiger partial charge in [-0.1, -0.05) is 12.1 Å². The van der Waals surface area contributed by atoms with Crippen LogP contribution in [-0.2, 0) is 12.8 Å². The Balaban J connectivity index is 1.53. The van der Waals surface area contributed by atoms with E-state index in [9.17, 15) is 4.79 Å². The third kappa shape index (κ3) is 2.97. The molecule has 0 unspecified atom stereocenters. The quantitative estimate of drug-likeness (QED) is 0.663. The van der Waals surface area contributed by atoms with E-state index in [1.165, 1.54) is 36.0 Å². The number of ketones is 1. The van der Waals surface area contributed by atoms with Crippen LogP contribution in [0.25, 0.3) is 11.3 Å². The van der Waals surface area contributed by atoms with Crippen LogP contribution in [0.2, 0.25) is 0 Å². The number of nitrogens with zero attached hydrogens (tertiary/aromatic N) is 1. The number of fused-ring (bicyclic) bond motifs is 1. The van der Waals surface area contributed by atoms with Crippen LogP contribution < -0.4 is 5.32 Å². The summed E-state index contributed by atoms with van der Waals surface area (Å²) in [7, 11) is 0. The van der Waals surface area contributed by atoms with Gasteiger partial charge in [-0.15, -0.1) is 11.3 Å². The molecule has 3 nitrogen and oxygen atoms in total. The number of nitrogens with one attached hydrogen (secondary N) is 1. The summed E-state index contributed by atoms with van der Waals surface area (Å²) in [4.78, 5) is 16.0. The van der Waals surface area contributed by atoms with Gasteiger partial charge in [-0.2, -0.15) is 0 Å². The Morgan fingerprint density at radius 1 is 1.08 bits per heavy atom. The molecule has 1 heterocycles. The molecule has 0 radical (unpaired) electrons. The van der Waals surface area contributed by atoms with Crippen molar-refractivity contribution in [3.05, 3.63) is 64.5 Å². The van der Waals surface area contributed by atoms with Crippen LogP contribution in [0.1, 0.15) is 34.8 Å². The molecular formula is C20H18N2OS. The molecule has 0 saturated heterocycles. The summed E-state index contributed by atoms with van der Waals surface area (Å²) in [5, 5.41) is 6.26. The zero-order chi connectivity index (χ0) is 16.5. The lowest BCUT2D eigenvalue weighted by Gasteiger charge is -2.04. The molecule has 0 saturated carbocycles. The van der Waals surface area contributed by atoms with Crippen LogP contribution in [0.3, 0.4) is 0 Å². The van der Waals surface area contributed by atoms with Gasteiger partial charge in [-0.3, -0.25) is 4.79 Å². The van der Waals surface area contributed by atoms with Crippen LogP contribution in [0.4, 0.5) is 10.8 Å². The number of carbonyl (C=O) groups excluding carboxylic acids is 1. The zero-order valence-corrected chi connectivity index (χ0v) is 14.3. The fourth-order valence-corrected chi connectivity index (χ4v) is 3.85. The summed E-state index contributed by atoms with van der Waals surface area (Å²) in [6, 6.07) is 14.2. The van der Waals surface area contributed by atoms with Crippen molar-refractivity contribution >= 4 is 27.9 Å². The summed E-state index contributed by atoms with van der Waals surface area (Å²) < 4.78 is 0. The van der Waals surface area contributed by atoms with E-state index in [4.69, 9.17) is 4.98 Å². The lowest BCUT2D eigenvalue weighted by atomic mass is 10.1. The normalized spacial score (nSPS) is 12.9. The van der Waals surface area contributed by atoms with Gasteiger partial charge in [0.2, 0.25) is 0 Å². The van der Waals surface area contributed by atoms with Crippen molar-refractivity contribution in [2.24, 2.45) is 0 Å². The topological polar surface area (TPSA) is 42.0 Å². The second-order valence-corrected chi connectivity index (χ2v) is 6.99. The van der Waals surface area contributed by atoms with Gasteiger partial charge in [-0.25, -0.2) is 4.98 Å². The van der Waals surface area contributed by atoms with Crippen molar-refractivity contribution in [2.45, 2.75) is 26.2 Å². The second-order valence-electron chi connectivity index (χ2n) is 6.13. The fraction of sp³-hybridized carbons (Fsp3) is 0.200. The van der Waals surface area contributed by atoms with E-state index < -0.39 is 0 Å². The number of hydrogen-bond donors (Lipinski definition) is 1. The first kappa shape index (κ1) is 15.1. The first-order valence-electron chi connectivity index (χ1n) is 8.15. The van der Waals surface area contributed by atoms with Gasteiger partial charge in [0.15, 0.2) is 10.9 Å². The average Bonchev–Trinajstić information content (AvgIpc) is 3.23. The molecule has 0 bridgehead atoms. The number of Topliss-reactive ketones (excluding diaryl/α,β-unsaturated/α-hetero) is 1. The first-order chi connectivity index (χ1) is 11.7. The highest BCUT2D eigenvalue weighted by molar-refractivity contribution is 7.14. The van der Waals surface area contributed by atoms with E-state index in [1.807, 2.05) is 24.3 Å². The van der Waals surface area contributed by atoms with E-state index >= 15 is 0 Å². The summed E-state index contributed by atoms with van der Waals surface area (Å²) in [6.07, 6.45) is 3.65. The van der Waals surface area contributed by atoms with Crippen LogP contribution in [0.5, 0.6) is 0 Å². The largest absolute Gasteiger partial charge is 0.332 e. The number of benzene rings is 2. The maximum Gasteiger partial charge on any atom is 0.187 e. The minimum atomic E-state index is 0.0784. The number of rotatable bonds is 4. The van der Waals surface area contributed by atoms with E-state index in [1.54, 1.807) is 18.3 Å². The zero-order valence-electron chi connectivity index (χ0n) is 13.5. The van der Waals surface area contributed by atoms with Gasteiger partial charge in [0.25, 0.3) is 0 Å². The van der Waals surface area contributed by atoms with Gasteiger partial charge in [0, 0.05) is 22.2 Å². The SMILES string of the molecule is CC(=O)c1ccc(Nc2nc(-c3ccc4c(c3)CCC4)cs2)cc1. The van der Waals surface area contributed by atoms with Gasteiger partial charge in [0.1, 0.15) is 0 Å². The summed E-state index contributed by atoms with van der Waals surface area (Å²) in [5.74, 6) is 0.0784. The number of anilines is 2. The minimum Gasteiger partial charge on any atom is -0.332 e. The molecule has 0 spiro atoms. The number of hydrogen-bond acceptors (Lipinski definition) is 4.